The lowest BCUT2D eigenvalue weighted by molar-refractivity contribution is -0.125. The molecule has 0 aliphatic heterocycles. The molecule has 1 aliphatic carbocycles. The van der Waals surface area contributed by atoms with Crippen LogP contribution in [0, 0.1) is 5.92 Å². The molecule has 0 unspecified atom stereocenters. The van der Waals surface area contributed by atoms with Gasteiger partial charge in [0.2, 0.25) is 5.91 Å². The molecule has 1 aromatic rings. The van der Waals surface area contributed by atoms with Gasteiger partial charge >= 0.3 is 0 Å². The highest BCUT2D eigenvalue weighted by molar-refractivity contribution is 5.79. The van der Waals surface area contributed by atoms with Gasteiger partial charge in [-0.1, -0.05) is 49.6 Å². The summed E-state index contributed by atoms with van der Waals surface area (Å²) in [7, 11) is 0. The normalized spacial score (nSPS) is 16.9. The maximum absolute atomic E-state index is 11.8. The minimum atomic E-state index is 0.0824. The van der Waals surface area contributed by atoms with Gasteiger partial charge in [-0.25, -0.2) is 5.43 Å². The predicted molar refractivity (Wildman–Crippen MR) is 73.4 cm³/mol. The number of hydrogen-bond acceptors (Lipinski definition) is 2. The molecule has 0 aromatic heterocycles. The Kier molecular flexibility index (Phi) is 4.94. The number of amides is 1. The van der Waals surface area contributed by atoms with Crippen LogP contribution in [0.4, 0.5) is 0 Å². The van der Waals surface area contributed by atoms with Crippen molar-refractivity contribution in [1.29, 1.82) is 0 Å². The van der Waals surface area contributed by atoms with Gasteiger partial charge < -0.3 is 0 Å². The summed E-state index contributed by atoms with van der Waals surface area (Å²) in [6, 6.07) is 10.1. The molecule has 0 heterocycles. The highest BCUT2D eigenvalue weighted by Crippen LogP contribution is 2.23. The van der Waals surface area contributed by atoms with E-state index in [0.717, 1.165) is 19.3 Å². The number of carbonyl (C=O) groups excluding carboxylic acids is 1. The molecule has 1 N–H and O–H groups in total. The largest absolute Gasteiger partial charge is 0.273 e. The van der Waals surface area contributed by atoms with Crippen LogP contribution in [0.3, 0.4) is 0 Å². The first-order chi connectivity index (χ1) is 8.86. The van der Waals surface area contributed by atoms with E-state index in [0.29, 0.717) is 0 Å². The summed E-state index contributed by atoms with van der Waals surface area (Å²) < 4.78 is 0. The number of hydrazone groups is 1. The van der Waals surface area contributed by atoms with Crippen molar-refractivity contribution >= 4 is 12.1 Å². The molecule has 18 heavy (non-hydrogen) atoms. The van der Waals surface area contributed by atoms with Gasteiger partial charge in [0.15, 0.2) is 0 Å². The zero-order valence-electron chi connectivity index (χ0n) is 10.6. The summed E-state index contributed by atoms with van der Waals surface area (Å²) in [5.74, 6) is 0.256. The second kappa shape index (κ2) is 6.94. The number of benzene rings is 1. The highest BCUT2D eigenvalue weighted by Gasteiger charge is 2.20. The Hall–Kier alpha value is -1.64. The summed E-state index contributed by atoms with van der Waals surface area (Å²) in [4.78, 5) is 11.8. The minimum absolute atomic E-state index is 0.0824. The fourth-order valence-electron chi connectivity index (χ4n) is 2.33. The third kappa shape index (κ3) is 3.99. The van der Waals surface area contributed by atoms with Crippen molar-refractivity contribution < 1.29 is 4.79 Å². The number of nitrogens with one attached hydrogen (secondary N) is 1. The van der Waals surface area contributed by atoms with Crippen LogP contribution in [0.2, 0.25) is 0 Å². The van der Waals surface area contributed by atoms with Gasteiger partial charge in [0.1, 0.15) is 0 Å². The van der Waals surface area contributed by atoms with Gasteiger partial charge in [0, 0.05) is 18.6 Å². The minimum Gasteiger partial charge on any atom is -0.273 e. The monoisotopic (exact) mass is 244 g/mol. The first-order valence-corrected chi connectivity index (χ1v) is 6.71. The molecule has 1 amide bonds. The molecule has 1 aromatic carbocycles. The number of rotatable bonds is 4. The summed E-state index contributed by atoms with van der Waals surface area (Å²) in [6.07, 6.45) is 8.15. The summed E-state index contributed by atoms with van der Waals surface area (Å²) in [5.41, 5.74) is 3.86. The van der Waals surface area contributed by atoms with E-state index < -0.39 is 0 Å². The molecule has 1 fully saturated rings. The fourth-order valence-corrected chi connectivity index (χ4v) is 2.33. The first kappa shape index (κ1) is 12.8. The van der Waals surface area contributed by atoms with E-state index in [4.69, 9.17) is 0 Å². The Labute approximate surface area is 108 Å². The Morgan fingerprint density at radius 1 is 1.22 bits per heavy atom. The number of hydrogen-bond donors (Lipinski definition) is 1. The Morgan fingerprint density at radius 3 is 2.67 bits per heavy atom. The quantitative estimate of drug-likeness (QED) is 0.642. The van der Waals surface area contributed by atoms with E-state index in [-0.39, 0.29) is 11.8 Å². The molecular formula is C15H20N2O. The van der Waals surface area contributed by atoms with Gasteiger partial charge in [0.05, 0.1) is 0 Å². The van der Waals surface area contributed by atoms with E-state index in [1.807, 2.05) is 18.2 Å². The molecular weight excluding hydrogens is 224 g/mol. The average Bonchev–Trinajstić information content (AvgIpc) is 2.45. The second-order valence-corrected chi connectivity index (χ2v) is 4.81. The predicted octanol–water partition coefficient (Wildman–Crippen LogP) is 2.91. The Morgan fingerprint density at radius 2 is 1.94 bits per heavy atom. The van der Waals surface area contributed by atoms with Crippen LogP contribution in [0.25, 0.3) is 0 Å². The van der Waals surface area contributed by atoms with Gasteiger partial charge in [-0.2, -0.15) is 5.10 Å². The SMILES string of the molecule is O=C(N/N=C/Cc1ccccc1)C1CCCCC1. The first-order valence-electron chi connectivity index (χ1n) is 6.71. The van der Waals surface area contributed by atoms with Crippen LogP contribution in [0.15, 0.2) is 35.4 Å². The Balaban J connectivity index is 1.72. The maximum Gasteiger partial charge on any atom is 0.243 e. The Bertz CT molecular complexity index is 394. The molecule has 0 atom stereocenters. The smallest absolute Gasteiger partial charge is 0.243 e. The molecule has 1 saturated carbocycles. The second-order valence-electron chi connectivity index (χ2n) is 4.81. The molecule has 96 valence electrons. The molecule has 0 radical (unpaired) electrons. The van der Waals surface area contributed by atoms with Gasteiger partial charge in [0.25, 0.3) is 0 Å². The maximum atomic E-state index is 11.8. The van der Waals surface area contributed by atoms with Crippen LogP contribution >= 0.6 is 0 Å². The lowest BCUT2D eigenvalue weighted by atomic mass is 9.89. The molecule has 3 heteroatoms. The fraction of sp³-hybridized carbons (Fsp3) is 0.467. The zero-order valence-corrected chi connectivity index (χ0v) is 10.6. The molecule has 1 aliphatic rings. The lowest BCUT2D eigenvalue weighted by Gasteiger charge is -2.19. The highest BCUT2D eigenvalue weighted by atomic mass is 16.2. The molecule has 3 nitrogen and oxygen atoms in total. The van der Waals surface area contributed by atoms with E-state index in [2.05, 4.69) is 22.7 Å². The van der Waals surface area contributed by atoms with Crippen molar-refractivity contribution in [2.24, 2.45) is 11.0 Å². The van der Waals surface area contributed by atoms with Crippen molar-refractivity contribution in [1.82, 2.24) is 5.43 Å². The van der Waals surface area contributed by atoms with Crippen molar-refractivity contribution in [2.45, 2.75) is 38.5 Å². The molecule has 0 spiro atoms. The average molecular weight is 244 g/mol. The summed E-state index contributed by atoms with van der Waals surface area (Å²) >= 11 is 0. The summed E-state index contributed by atoms with van der Waals surface area (Å²) in [5, 5.41) is 4.02. The van der Waals surface area contributed by atoms with Gasteiger partial charge in [-0.3, -0.25) is 4.79 Å². The number of nitrogens with zero attached hydrogens (tertiary/aromatic N) is 1. The molecule has 0 bridgehead atoms. The summed E-state index contributed by atoms with van der Waals surface area (Å²) in [6.45, 7) is 0. The topological polar surface area (TPSA) is 41.5 Å². The van der Waals surface area contributed by atoms with Gasteiger partial charge in [-0.05, 0) is 18.4 Å². The third-order valence-electron chi connectivity index (χ3n) is 3.41. The van der Waals surface area contributed by atoms with Crippen LogP contribution in [0.1, 0.15) is 37.7 Å². The van der Waals surface area contributed by atoms with Crippen LogP contribution in [-0.2, 0) is 11.2 Å². The molecule has 2 rings (SSSR count). The van der Waals surface area contributed by atoms with Crippen LogP contribution in [0.5, 0.6) is 0 Å². The van der Waals surface area contributed by atoms with E-state index in [1.54, 1.807) is 6.21 Å². The van der Waals surface area contributed by atoms with Crippen molar-refractivity contribution in [2.75, 3.05) is 0 Å². The van der Waals surface area contributed by atoms with Crippen molar-refractivity contribution in [3.05, 3.63) is 35.9 Å². The van der Waals surface area contributed by atoms with Crippen molar-refractivity contribution in [3.8, 4) is 0 Å². The zero-order chi connectivity index (χ0) is 12.6. The van der Waals surface area contributed by atoms with E-state index >= 15 is 0 Å². The van der Waals surface area contributed by atoms with E-state index in [9.17, 15) is 4.79 Å². The van der Waals surface area contributed by atoms with Crippen LogP contribution in [-0.4, -0.2) is 12.1 Å². The third-order valence-corrected chi connectivity index (χ3v) is 3.41. The number of carbonyl (C=O) groups is 1. The van der Waals surface area contributed by atoms with E-state index in [1.165, 1.54) is 24.8 Å². The van der Waals surface area contributed by atoms with Crippen LogP contribution < -0.4 is 5.43 Å². The van der Waals surface area contributed by atoms with Crippen molar-refractivity contribution in [3.63, 3.8) is 0 Å². The van der Waals surface area contributed by atoms with Gasteiger partial charge in [-0.15, -0.1) is 0 Å². The lowest BCUT2D eigenvalue weighted by Crippen LogP contribution is -2.28. The standard InChI is InChI=1S/C15H20N2O/c18-15(14-9-5-2-6-10-14)17-16-12-11-13-7-3-1-4-8-13/h1,3-4,7-8,12,14H,2,5-6,9-11H2,(H,17,18)/b16-12+. The molecule has 0 saturated heterocycles.